The first kappa shape index (κ1) is 13.8. The van der Waals surface area contributed by atoms with E-state index in [1.54, 1.807) is 0 Å². The first-order chi connectivity index (χ1) is 11.6. The fourth-order valence-corrected chi connectivity index (χ4v) is 4.38. The van der Waals surface area contributed by atoms with Gasteiger partial charge in [0, 0.05) is 5.41 Å². The molecule has 0 aromatic heterocycles. The molecule has 0 saturated carbocycles. The van der Waals surface area contributed by atoms with Gasteiger partial charge >= 0.3 is 0 Å². The Balaban J connectivity index is 1.81. The summed E-state index contributed by atoms with van der Waals surface area (Å²) in [5.74, 6) is 0. The van der Waals surface area contributed by atoms with Gasteiger partial charge in [0.2, 0.25) is 0 Å². The van der Waals surface area contributed by atoms with Crippen molar-refractivity contribution in [3.8, 4) is 0 Å². The molecule has 0 radical (unpaired) electrons. The fourth-order valence-electron chi connectivity index (χ4n) is 4.38. The molecule has 1 aliphatic carbocycles. The van der Waals surface area contributed by atoms with Crippen molar-refractivity contribution in [2.75, 3.05) is 0 Å². The lowest BCUT2D eigenvalue weighted by molar-refractivity contribution is 0.613. The van der Waals surface area contributed by atoms with Crippen LogP contribution in [0.15, 0.2) is 72.8 Å². The molecule has 0 spiro atoms. The van der Waals surface area contributed by atoms with Crippen LogP contribution in [-0.4, -0.2) is 0 Å². The van der Waals surface area contributed by atoms with Crippen molar-refractivity contribution in [3.05, 3.63) is 95.1 Å². The summed E-state index contributed by atoms with van der Waals surface area (Å²) in [6.07, 6.45) is 1.03. The molecule has 0 amide bonds. The summed E-state index contributed by atoms with van der Waals surface area (Å²) in [5.41, 5.74) is 5.94. The summed E-state index contributed by atoms with van der Waals surface area (Å²) < 4.78 is 0. The minimum Gasteiger partial charge on any atom is -0.0616 e. The van der Waals surface area contributed by atoms with Crippen molar-refractivity contribution >= 4 is 21.5 Å². The summed E-state index contributed by atoms with van der Waals surface area (Å²) in [5, 5.41) is 5.37. The van der Waals surface area contributed by atoms with Gasteiger partial charge in [-0.1, -0.05) is 74.5 Å². The third-order valence-electron chi connectivity index (χ3n) is 5.67. The standard InChI is InChI=1S/C24H20/c1-24(2)22-14-18-9-5-3-7-16(18)11-20(22)13-21-12-17-8-4-6-10-19(17)15-23(21)24/h3-12,14-15H,13H2,1-2H3. The molecule has 0 atom stereocenters. The zero-order valence-corrected chi connectivity index (χ0v) is 14.1. The van der Waals surface area contributed by atoms with Crippen LogP contribution in [0.4, 0.5) is 0 Å². The Kier molecular flexibility index (Phi) is 2.71. The summed E-state index contributed by atoms with van der Waals surface area (Å²) in [6.45, 7) is 4.74. The van der Waals surface area contributed by atoms with E-state index in [2.05, 4.69) is 86.6 Å². The number of fused-ring (bicyclic) bond motifs is 4. The molecule has 0 heteroatoms. The van der Waals surface area contributed by atoms with E-state index in [0.29, 0.717) is 0 Å². The first-order valence-corrected chi connectivity index (χ1v) is 8.67. The average Bonchev–Trinajstić information content (AvgIpc) is 2.59. The minimum absolute atomic E-state index is 0.0387. The monoisotopic (exact) mass is 308 g/mol. The minimum atomic E-state index is 0.0387. The maximum atomic E-state index is 2.41. The molecule has 5 rings (SSSR count). The SMILES string of the molecule is CC1(C)c2cc3ccccc3cc2Cc2cc3ccccc3cc21. The Hall–Kier alpha value is -2.60. The molecule has 1 aliphatic rings. The molecule has 4 aromatic rings. The molecular formula is C24H20. The van der Waals surface area contributed by atoms with E-state index in [9.17, 15) is 0 Å². The topological polar surface area (TPSA) is 0 Å². The van der Waals surface area contributed by atoms with Crippen molar-refractivity contribution in [1.29, 1.82) is 0 Å². The molecule has 0 heterocycles. The highest BCUT2D eigenvalue weighted by Gasteiger charge is 2.32. The Labute approximate surface area is 142 Å². The van der Waals surface area contributed by atoms with Crippen LogP contribution in [0.2, 0.25) is 0 Å². The average molecular weight is 308 g/mol. The van der Waals surface area contributed by atoms with Crippen molar-refractivity contribution < 1.29 is 0 Å². The van der Waals surface area contributed by atoms with Gasteiger partial charge in [-0.05, 0) is 62.4 Å². The van der Waals surface area contributed by atoms with Crippen molar-refractivity contribution in [3.63, 3.8) is 0 Å². The second kappa shape index (κ2) is 4.70. The largest absolute Gasteiger partial charge is 0.0616 e. The molecule has 0 saturated heterocycles. The molecule has 0 nitrogen and oxygen atoms in total. The second-order valence-corrected chi connectivity index (χ2v) is 7.51. The third-order valence-corrected chi connectivity index (χ3v) is 5.67. The quantitative estimate of drug-likeness (QED) is 0.361. The molecule has 0 fully saturated rings. The Morgan fingerprint density at radius 2 is 0.958 bits per heavy atom. The van der Waals surface area contributed by atoms with Crippen molar-refractivity contribution in [2.24, 2.45) is 0 Å². The summed E-state index contributed by atoms with van der Waals surface area (Å²) in [7, 11) is 0. The Morgan fingerprint density at radius 1 is 0.583 bits per heavy atom. The molecular weight excluding hydrogens is 288 g/mol. The molecule has 116 valence electrons. The van der Waals surface area contributed by atoms with E-state index in [-0.39, 0.29) is 5.41 Å². The lowest BCUT2D eigenvalue weighted by Gasteiger charge is -2.36. The summed E-state index contributed by atoms with van der Waals surface area (Å²) in [4.78, 5) is 0. The fraction of sp³-hybridized carbons (Fsp3) is 0.167. The lowest BCUT2D eigenvalue weighted by Crippen LogP contribution is -2.27. The molecule has 0 bridgehead atoms. The van der Waals surface area contributed by atoms with Crippen LogP contribution in [0, 0.1) is 0 Å². The Bertz CT molecular complexity index is 1010. The van der Waals surface area contributed by atoms with E-state index in [1.165, 1.54) is 43.8 Å². The highest BCUT2D eigenvalue weighted by Crippen LogP contribution is 2.43. The van der Waals surface area contributed by atoms with Crippen LogP contribution in [0.25, 0.3) is 21.5 Å². The van der Waals surface area contributed by atoms with Gasteiger partial charge in [0.25, 0.3) is 0 Å². The second-order valence-electron chi connectivity index (χ2n) is 7.51. The van der Waals surface area contributed by atoms with E-state index < -0.39 is 0 Å². The van der Waals surface area contributed by atoms with Crippen LogP contribution >= 0.6 is 0 Å². The number of hydrogen-bond acceptors (Lipinski definition) is 0. The highest BCUT2D eigenvalue weighted by molar-refractivity contribution is 5.87. The van der Waals surface area contributed by atoms with Gasteiger partial charge in [-0.25, -0.2) is 0 Å². The maximum absolute atomic E-state index is 2.41. The Morgan fingerprint density at radius 3 is 1.38 bits per heavy atom. The smallest absolute Gasteiger partial charge is 0.0152 e. The van der Waals surface area contributed by atoms with Gasteiger partial charge < -0.3 is 0 Å². The van der Waals surface area contributed by atoms with E-state index in [1.807, 2.05) is 0 Å². The van der Waals surface area contributed by atoms with Crippen LogP contribution in [0.1, 0.15) is 36.1 Å². The van der Waals surface area contributed by atoms with Gasteiger partial charge in [0.05, 0.1) is 0 Å². The normalized spacial score (nSPS) is 15.2. The van der Waals surface area contributed by atoms with E-state index in [4.69, 9.17) is 0 Å². The van der Waals surface area contributed by atoms with Gasteiger partial charge in [-0.2, -0.15) is 0 Å². The molecule has 0 unspecified atom stereocenters. The molecule has 24 heavy (non-hydrogen) atoms. The lowest BCUT2D eigenvalue weighted by atomic mass is 9.68. The predicted molar refractivity (Wildman–Crippen MR) is 103 cm³/mol. The van der Waals surface area contributed by atoms with Gasteiger partial charge in [-0.3, -0.25) is 0 Å². The zero-order valence-electron chi connectivity index (χ0n) is 14.1. The maximum Gasteiger partial charge on any atom is 0.0152 e. The van der Waals surface area contributed by atoms with E-state index >= 15 is 0 Å². The molecule has 0 N–H and O–H groups in total. The van der Waals surface area contributed by atoms with Crippen LogP contribution in [0.3, 0.4) is 0 Å². The predicted octanol–water partition coefficient (Wildman–Crippen LogP) is 6.22. The van der Waals surface area contributed by atoms with Crippen LogP contribution < -0.4 is 0 Å². The number of hydrogen-bond donors (Lipinski definition) is 0. The zero-order chi connectivity index (χ0) is 16.3. The third kappa shape index (κ3) is 1.86. The summed E-state index contributed by atoms with van der Waals surface area (Å²) in [6, 6.07) is 27.0. The molecule has 4 aromatic carbocycles. The number of rotatable bonds is 0. The first-order valence-electron chi connectivity index (χ1n) is 8.67. The van der Waals surface area contributed by atoms with E-state index in [0.717, 1.165) is 6.42 Å². The van der Waals surface area contributed by atoms with Crippen molar-refractivity contribution in [2.45, 2.75) is 25.7 Å². The van der Waals surface area contributed by atoms with Crippen LogP contribution in [0.5, 0.6) is 0 Å². The van der Waals surface area contributed by atoms with Crippen molar-refractivity contribution in [1.82, 2.24) is 0 Å². The summed E-state index contributed by atoms with van der Waals surface area (Å²) >= 11 is 0. The van der Waals surface area contributed by atoms with Gasteiger partial charge in [0.1, 0.15) is 0 Å². The number of benzene rings is 4. The van der Waals surface area contributed by atoms with Gasteiger partial charge in [-0.15, -0.1) is 0 Å². The molecule has 0 aliphatic heterocycles. The van der Waals surface area contributed by atoms with Gasteiger partial charge in [0.15, 0.2) is 0 Å². The highest BCUT2D eigenvalue weighted by atomic mass is 14.4. The van der Waals surface area contributed by atoms with Crippen LogP contribution in [-0.2, 0) is 11.8 Å².